The number of carbonyl (C=O) groups excluding carboxylic acids is 1. The molecule has 3 heteroatoms. The number of hydrogen-bond donors (Lipinski definition) is 1. The molecular formula is C21H34O3. The summed E-state index contributed by atoms with van der Waals surface area (Å²) in [6, 6.07) is 0. The fourth-order valence-electron chi connectivity index (χ4n) is 5.40. The fraction of sp³-hybridized carbons (Fsp3) is 0.762. The molecule has 1 saturated carbocycles. The van der Waals surface area contributed by atoms with Crippen LogP contribution in [0, 0.1) is 22.7 Å². The molecule has 24 heavy (non-hydrogen) atoms. The summed E-state index contributed by atoms with van der Waals surface area (Å²) in [6.45, 7) is 11.0. The highest BCUT2D eigenvalue weighted by Gasteiger charge is 2.55. The second kappa shape index (κ2) is 6.67. The molecule has 2 aliphatic carbocycles. The van der Waals surface area contributed by atoms with E-state index < -0.39 is 5.60 Å². The van der Waals surface area contributed by atoms with Crippen molar-refractivity contribution in [1.29, 1.82) is 0 Å². The minimum atomic E-state index is -0.787. The third-order valence-electron chi connectivity index (χ3n) is 6.61. The average Bonchev–Trinajstić information content (AvgIpc) is 2.44. The van der Waals surface area contributed by atoms with E-state index >= 15 is 0 Å². The van der Waals surface area contributed by atoms with E-state index in [2.05, 4.69) is 26.8 Å². The first-order chi connectivity index (χ1) is 11.0. The molecule has 0 spiro atoms. The van der Waals surface area contributed by atoms with Gasteiger partial charge < -0.3 is 9.84 Å². The van der Waals surface area contributed by atoms with E-state index in [-0.39, 0.29) is 22.7 Å². The maximum Gasteiger partial charge on any atom is 0.330 e. The summed E-state index contributed by atoms with van der Waals surface area (Å²) in [6.07, 6.45) is 11.2. The second-order valence-electron chi connectivity index (χ2n) is 9.02. The van der Waals surface area contributed by atoms with Gasteiger partial charge in [-0.25, -0.2) is 4.79 Å². The van der Waals surface area contributed by atoms with Gasteiger partial charge in [0.05, 0.1) is 12.7 Å². The molecular weight excluding hydrogens is 300 g/mol. The molecule has 1 fully saturated rings. The van der Waals surface area contributed by atoms with Crippen LogP contribution in [0.15, 0.2) is 23.8 Å². The van der Waals surface area contributed by atoms with Gasteiger partial charge in [0, 0.05) is 6.08 Å². The van der Waals surface area contributed by atoms with E-state index in [4.69, 9.17) is 4.74 Å². The number of methoxy groups -OCH3 is 1. The molecule has 0 aliphatic heterocycles. The van der Waals surface area contributed by atoms with Gasteiger partial charge in [0.1, 0.15) is 0 Å². The lowest BCUT2D eigenvalue weighted by Crippen LogP contribution is -2.55. The lowest BCUT2D eigenvalue weighted by atomic mass is 9.47. The summed E-state index contributed by atoms with van der Waals surface area (Å²) in [4.78, 5) is 11.4. The van der Waals surface area contributed by atoms with Crippen LogP contribution in [0.1, 0.15) is 66.7 Å². The highest BCUT2D eigenvalue weighted by molar-refractivity contribution is 5.82. The van der Waals surface area contributed by atoms with E-state index in [1.165, 1.54) is 20.0 Å². The van der Waals surface area contributed by atoms with Crippen molar-refractivity contribution < 1.29 is 14.6 Å². The highest BCUT2D eigenvalue weighted by Crippen LogP contribution is 2.60. The largest absolute Gasteiger partial charge is 0.466 e. The maximum atomic E-state index is 11.4. The van der Waals surface area contributed by atoms with Crippen LogP contribution in [0.25, 0.3) is 0 Å². The molecule has 1 N–H and O–H groups in total. The minimum Gasteiger partial charge on any atom is -0.466 e. The van der Waals surface area contributed by atoms with Gasteiger partial charge in [-0.3, -0.25) is 0 Å². The predicted octanol–water partition coefficient (Wildman–Crippen LogP) is 4.66. The Morgan fingerprint density at radius 3 is 2.58 bits per heavy atom. The van der Waals surface area contributed by atoms with Crippen LogP contribution in [-0.4, -0.2) is 23.8 Å². The summed E-state index contributed by atoms with van der Waals surface area (Å²) in [5.74, 6) is 0.389. The van der Waals surface area contributed by atoms with Crippen LogP contribution < -0.4 is 0 Å². The molecule has 136 valence electrons. The van der Waals surface area contributed by atoms with Crippen molar-refractivity contribution in [3.8, 4) is 0 Å². The summed E-state index contributed by atoms with van der Waals surface area (Å²) < 4.78 is 4.71. The first kappa shape index (κ1) is 19.2. The Hall–Kier alpha value is -1.09. The topological polar surface area (TPSA) is 46.5 Å². The lowest BCUT2D eigenvalue weighted by Gasteiger charge is -2.58. The smallest absolute Gasteiger partial charge is 0.330 e. The predicted molar refractivity (Wildman–Crippen MR) is 97.5 cm³/mol. The van der Waals surface area contributed by atoms with Gasteiger partial charge in [-0.2, -0.15) is 0 Å². The summed E-state index contributed by atoms with van der Waals surface area (Å²) >= 11 is 0. The van der Waals surface area contributed by atoms with Crippen molar-refractivity contribution in [3.63, 3.8) is 0 Å². The molecule has 0 heterocycles. The van der Waals surface area contributed by atoms with E-state index in [9.17, 15) is 9.90 Å². The number of allylic oxidation sites excluding steroid dienone is 2. The molecule has 0 bridgehead atoms. The third kappa shape index (κ3) is 3.61. The molecule has 4 atom stereocenters. The molecule has 2 aliphatic rings. The number of hydrogen-bond acceptors (Lipinski definition) is 3. The number of ether oxygens (including phenoxy) is 1. The monoisotopic (exact) mass is 334 g/mol. The van der Waals surface area contributed by atoms with E-state index in [1.807, 2.05) is 19.9 Å². The average molecular weight is 334 g/mol. The molecule has 0 radical (unpaired) electrons. The molecule has 0 aromatic rings. The van der Waals surface area contributed by atoms with Gasteiger partial charge in [0.15, 0.2) is 0 Å². The lowest BCUT2D eigenvalue weighted by molar-refractivity contribution is -0.134. The summed E-state index contributed by atoms with van der Waals surface area (Å²) in [7, 11) is 1.40. The summed E-state index contributed by atoms with van der Waals surface area (Å²) in [5.41, 5.74) is 0.604. The Morgan fingerprint density at radius 2 is 1.96 bits per heavy atom. The van der Waals surface area contributed by atoms with Crippen LogP contribution in [0.3, 0.4) is 0 Å². The van der Waals surface area contributed by atoms with Crippen molar-refractivity contribution >= 4 is 5.97 Å². The summed E-state index contributed by atoms with van der Waals surface area (Å²) in [5, 5.41) is 11.1. The van der Waals surface area contributed by atoms with E-state index in [0.717, 1.165) is 24.8 Å². The molecule has 2 rings (SSSR count). The number of carbonyl (C=O) groups is 1. The van der Waals surface area contributed by atoms with Gasteiger partial charge in [0.2, 0.25) is 0 Å². The molecule has 3 nitrogen and oxygen atoms in total. The quantitative estimate of drug-likeness (QED) is 0.462. The number of esters is 1. The number of aliphatic hydroxyl groups is 1. The third-order valence-corrected chi connectivity index (χ3v) is 6.61. The molecule has 0 saturated heterocycles. The zero-order valence-corrected chi connectivity index (χ0v) is 16.2. The van der Waals surface area contributed by atoms with Gasteiger partial charge in [-0.05, 0) is 62.2 Å². The maximum absolute atomic E-state index is 11.4. The normalized spacial score (nSPS) is 38.5. The SMILES string of the molecule is COC(=O)/C=C(\C)CC[C@@H]1[C@@]2(C)CCCC(C)(C)[C@H]2C=C[C@@]1(C)O. The molecule has 0 aromatic heterocycles. The van der Waals surface area contributed by atoms with Crippen molar-refractivity contribution in [1.82, 2.24) is 0 Å². The van der Waals surface area contributed by atoms with E-state index in [1.54, 1.807) is 6.08 Å². The van der Waals surface area contributed by atoms with Gasteiger partial charge in [0.25, 0.3) is 0 Å². The van der Waals surface area contributed by atoms with Crippen molar-refractivity contribution in [3.05, 3.63) is 23.8 Å². The zero-order chi connectivity index (χ0) is 18.2. The van der Waals surface area contributed by atoms with Crippen molar-refractivity contribution in [2.45, 2.75) is 72.3 Å². The molecule has 0 aromatic carbocycles. The Morgan fingerprint density at radius 1 is 1.29 bits per heavy atom. The van der Waals surface area contributed by atoms with Gasteiger partial charge in [-0.1, -0.05) is 44.9 Å². The minimum absolute atomic E-state index is 0.103. The van der Waals surface area contributed by atoms with Crippen LogP contribution in [0.2, 0.25) is 0 Å². The Balaban J connectivity index is 2.25. The van der Waals surface area contributed by atoms with E-state index in [0.29, 0.717) is 5.92 Å². The second-order valence-corrected chi connectivity index (χ2v) is 9.02. The Bertz CT molecular complexity index is 541. The van der Waals surface area contributed by atoms with Crippen LogP contribution in [0.5, 0.6) is 0 Å². The molecule has 0 unspecified atom stereocenters. The van der Waals surface area contributed by atoms with Crippen LogP contribution in [-0.2, 0) is 9.53 Å². The zero-order valence-electron chi connectivity index (χ0n) is 16.2. The van der Waals surface area contributed by atoms with Crippen LogP contribution >= 0.6 is 0 Å². The molecule has 0 amide bonds. The first-order valence-corrected chi connectivity index (χ1v) is 9.20. The standard InChI is InChI=1S/C21H34O3/c1-15(14-18(22)24-6)8-9-17-20(4)12-7-11-19(2,3)16(20)10-13-21(17,5)23/h10,13-14,16-17,23H,7-9,11-12H2,1-6H3/b15-14+/t16-,17-,20+,21-/m1/s1. The number of rotatable bonds is 4. The van der Waals surface area contributed by atoms with Gasteiger partial charge in [-0.15, -0.1) is 0 Å². The van der Waals surface area contributed by atoms with Crippen LogP contribution in [0.4, 0.5) is 0 Å². The van der Waals surface area contributed by atoms with Crippen molar-refractivity contribution in [2.24, 2.45) is 22.7 Å². The first-order valence-electron chi connectivity index (χ1n) is 9.20. The Labute approximate surface area is 147 Å². The fourth-order valence-corrected chi connectivity index (χ4v) is 5.40. The van der Waals surface area contributed by atoms with Gasteiger partial charge >= 0.3 is 5.97 Å². The number of fused-ring (bicyclic) bond motifs is 1. The van der Waals surface area contributed by atoms with Crippen molar-refractivity contribution in [2.75, 3.05) is 7.11 Å². The highest BCUT2D eigenvalue weighted by atomic mass is 16.5. The Kier molecular flexibility index (Phi) is 5.34.